The van der Waals surface area contributed by atoms with Crippen LogP contribution >= 0.6 is 27.3 Å². The molecule has 3 nitrogen and oxygen atoms in total. The van der Waals surface area contributed by atoms with Gasteiger partial charge in [-0.1, -0.05) is 13.8 Å². The molecule has 0 saturated carbocycles. The Hall–Kier alpha value is -0.390. The largest absolute Gasteiger partial charge is 0.481 e. The van der Waals surface area contributed by atoms with Crippen LogP contribution in [-0.4, -0.2) is 11.1 Å². The van der Waals surface area contributed by atoms with Crippen LogP contribution in [0.25, 0.3) is 0 Å². The first-order chi connectivity index (χ1) is 7.71. The highest BCUT2D eigenvalue weighted by atomic mass is 79.9. The van der Waals surface area contributed by atoms with Crippen molar-refractivity contribution in [1.82, 2.24) is 0 Å². The van der Waals surface area contributed by atoms with E-state index in [0.717, 1.165) is 8.66 Å². The van der Waals surface area contributed by atoms with Gasteiger partial charge in [0.1, 0.15) is 0 Å². The zero-order valence-electron chi connectivity index (χ0n) is 10.3. The Labute approximate surface area is 114 Å². The second kappa shape index (κ2) is 5.50. The number of nitrogens with two attached hydrogens (primary N) is 1. The maximum Gasteiger partial charge on any atom is 0.303 e. The summed E-state index contributed by atoms with van der Waals surface area (Å²) in [5.41, 5.74) is 7.03. The van der Waals surface area contributed by atoms with Crippen molar-refractivity contribution in [1.29, 1.82) is 0 Å². The van der Waals surface area contributed by atoms with Crippen LogP contribution in [0.1, 0.15) is 43.2 Å². The molecule has 0 aliphatic carbocycles. The van der Waals surface area contributed by atoms with Gasteiger partial charge in [-0.05, 0) is 46.3 Å². The number of hydrogen-bond acceptors (Lipinski definition) is 3. The van der Waals surface area contributed by atoms with Gasteiger partial charge in [-0.2, -0.15) is 0 Å². The number of carboxylic acids is 1. The molecule has 0 bridgehead atoms. The molecule has 0 aliphatic rings. The van der Waals surface area contributed by atoms with Crippen molar-refractivity contribution in [3.63, 3.8) is 0 Å². The van der Waals surface area contributed by atoms with Gasteiger partial charge in [0.2, 0.25) is 0 Å². The van der Waals surface area contributed by atoms with Gasteiger partial charge < -0.3 is 10.8 Å². The number of aliphatic carboxylic acids is 1. The highest BCUT2D eigenvalue weighted by Crippen LogP contribution is 2.37. The Morgan fingerprint density at radius 3 is 2.65 bits per heavy atom. The van der Waals surface area contributed by atoms with E-state index in [1.54, 1.807) is 11.3 Å². The zero-order valence-corrected chi connectivity index (χ0v) is 12.7. The summed E-state index contributed by atoms with van der Waals surface area (Å²) < 4.78 is 1.10. The first kappa shape index (κ1) is 14.7. The van der Waals surface area contributed by atoms with Crippen LogP contribution in [0.15, 0.2) is 9.85 Å². The number of carboxylic acid groups (broad SMARTS) is 1. The van der Waals surface area contributed by atoms with Crippen molar-refractivity contribution in [3.05, 3.63) is 20.3 Å². The molecule has 0 spiro atoms. The van der Waals surface area contributed by atoms with Crippen molar-refractivity contribution in [2.75, 3.05) is 0 Å². The summed E-state index contributed by atoms with van der Waals surface area (Å²) in [5, 5.41) is 8.84. The summed E-state index contributed by atoms with van der Waals surface area (Å²) in [4.78, 5) is 11.8. The fraction of sp³-hybridized carbons (Fsp3) is 0.583. The van der Waals surface area contributed by atoms with Crippen LogP contribution in [0.3, 0.4) is 0 Å². The van der Waals surface area contributed by atoms with Gasteiger partial charge >= 0.3 is 5.97 Å². The van der Waals surface area contributed by atoms with Crippen molar-refractivity contribution >= 4 is 33.2 Å². The van der Waals surface area contributed by atoms with Gasteiger partial charge in [-0.25, -0.2) is 0 Å². The summed E-state index contributed by atoms with van der Waals surface area (Å²) in [6, 6.07) is 1.97. The molecule has 17 heavy (non-hydrogen) atoms. The van der Waals surface area contributed by atoms with E-state index in [0.29, 0.717) is 6.42 Å². The molecule has 5 heteroatoms. The van der Waals surface area contributed by atoms with Crippen LogP contribution in [0, 0.1) is 12.3 Å². The van der Waals surface area contributed by atoms with Gasteiger partial charge in [0.05, 0.1) is 10.2 Å². The number of rotatable bonds is 5. The summed E-state index contributed by atoms with van der Waals surface area (Å²) >= 11 is 5.10. The molecule has 1 rings (SSSR count). The Morgan fingerprint density at radius 2 is 2.24 bits per heavy atom. The molecule has 0 aliphatic heterocycles. The third-order valence-corrected chi connectivity index (χ3v) is 4.91. The van der Waals surface area contributed by atoms with Gasteiger partial charge in [-0.15, -0.1) is 11.3 Å². The molecule has 1 aromatic heterocycles. The van der Waals surface area contributed by atoms with Crippen LogP contribution in [0.4, 0.5) is 0 Å². The number of halogens is 1. The predicted molar refractivity (Wildman–Crippen MR) is 74.3 cm³/mol. The summed E-state index contributed by atoms with van der Waals surface area (Å²) in [6.07, 6.45) is 0.817. The first-order valence-electron chi connectivity index (χ1n) is 5.44. The van der Waals surface area contributed by atoms with E-state index in [2.05, 4.69) is 22.0 Å². The Morgan fingerprint density at radius 1 is 1.65 bits per heavy atom. The molecule has 0 fully saturated rings. The number of thiophene rings is 1. The first-order valence-corrected chi connectivity index (χ1v) is 7.05. The molecular weight excluding hydrogens is 302 g/mol. The minimum atomic E-state index is -0.772. The lowest BCUT2D eigenvalue weighted by Crippen LogP contribution is -2.23. The Bertz CT molecular complexity index is 395. The lowest BCUT2D eigenvalue weighted by Gasteiger charge is -2.25. The van der Waals surface area contributed by atoms with E-state index in [1.165, 1.54) is 5.56 Å². The van der Waals surface area contributed by atoms with E-state index in [4.69, 9.17) is 10.8 Å². The quantitative estimate of drug-likeness (QED) is 0.869. The maximum absolute atomic E-state index is 10.7. The van der Waals surface area contributed by atoms with Gasteiger partial charge in [0.15, 0.2) is 0 Å². The van der Waals surface area contributed by atoms with Crippen LogP contribution < -0.4 is 5.73 Å². The summed E-state index contributed by atoms with van der Waals surface area (Å²) in [7, 11) is 0. The molecule has 0 aromatic carbocycles. The Balaban J connectivity index is 2.71. The monoisotopic (exact) mass is 319 g/mol. The molecule has 96 valence electrons. The molecule has 1 unspecified atom stereocenters. The SMILES string of the molecule is Cc1cc(C(N)CC(C)(C)CC(=O)O)sc1Br. The fourth-order valence-corrected chi connectivity index (χ4v) is 3.42. The van der Waals surface area contributed by atoms with Crippen molar-refractivity contribution in [2.24, 2.45) is 11.1 Å². The highest BCUT2D eigenvalue weighted by molar-refractivity contribution is 9.11. The number of carbonyl (C=O) groups is 1. The average Bonchev–Trinajstić information content (AvgIpc) is 2.43. The molecule has 1 heterocycles. The van der Waals surface area contributed by atoms with Gasteiger partial charge in [0, 0.05) is 10.9 Å². The molecule has 0 saturated heterocycles. The van der Waals surface area contributed by atoms with Crippen LogP contribution in [0.5, 0.6) is 0 Å². The van der Waals surface area contributed by atoms with Crippen molar-refractivity contribution in [2.45, 2.75) is 39.7 Å². The van der Waals surface area contributed by atoms with Crippen molar-refractivity contribution in [3.8, 4) is 0 Å². The zero-order chi connectivity index (χ0) is 13.2. The topological polar surface area (TPSA) is 63.3 Å². The molecule has 1 aromatic rings. The van der Waals surface area contributed by atoms with E-state index in [9.17, 15) is 4.79 Å². The second-order valence-corrected chi connectivity index (χ2v) is 7.55. The normalized spacial score (nSPS) is 13.7. The summed E-state index contributed by atoms with van der Waals surface area (Å²) in [5.74, 6) is -0.772. The maximum atomic E-state index is 10.7. The fourth-order valence-electron chi connectivity index (χ4n) is 1.84. The van der Waals surface area contributed by atoms with Crippen LogP contribution in [0.2, 0.25) is 0 Å². The lowest BCUT2D eigenvalue weighted by molar-refractivity contribution is -0.139. The molecule has 1 atom stereocenters. The van der Waals surface area contributed by atoms with Gasteiger partial charge in [0.25, 0.3) is 0 Å². The molecule has 0 radical (unpaired) electrons. The van der Waals surface area contributed by atoms with E-state index < -0.39 is 5.97 Å². The molecule has 3 N–H and O–H groups in total. The average molecular weight is 320 g/mol. The van der Waals surface area contributed by atoms with Crippen LogP contribution in [-0.2, 0) is 4.79 Å². The minimum absolute atomic E-state index is 0.0978. The molecule has 0 amide bonds. The molecular formula is C12H18BrNO2S. The number of hydrogen-bond donors (Lipinski definition) is 2. The standard InChI is InChI=1S/C12H18BrNO2S/c1-7-4-9(17-11(7)13)8(14)5-12(2,3)6-10(15)16/h4,8H,5-6,14H2,1-3H3,(H,15,16). The van der Waals surface area contributed by atoms with Gasteiger partial charge in [-0.3, -0.25) is 4.79 Å². The Kier molecular flexibility index (Phi) is 4.75. The third kappa shape index (κ3) is 4.41. The lowest BCUT2D eigenvalue weighted by atomic mass is 9.82. The third-order valence-electron chi connectivity index (χ3n) is 2.64. The highest BCUT2D eigenvalue weighted by Gasteiger charge is 2.26. The van der Waals surface area contributed by atoms with E-state index >= 15 is 0 Å². The second-order valence-electron chi connectivity index (χ2n) is 5.15. The minimum Gasteiger partial charge on any atom is -0.481 e. The van der Waals surface area contributed by atoms with E-state index in [-0.39, 0.29) is 17.9 Å². The predicted octanol–water partition coefficient (Wildman–Crippen LogP) is 3.71. The van der Waals surface area contributed by atoms with Crippen molar-refractivity contribution < 1.29 is 9.90 Å². The smallest absolute Gasteiger partial charge is 0.303 e. The summed E-state index contributed by atoms with van der Waals surface area (Å²) in [6.45, 7) is 5.91. The number of aryl methyl sites for hydroxylation is 1. The van der Waals surface area contributed by atoms with E-state index in [1.807, 2.05) is 20.8 Å².